The maximum atomic E-state index is 5.55. The highest BCUT2D eigenvalue weighted by Gasteiger charge is 2.21. The quantitative estimate of drug-likeness (QED) is 0.831. The molecule has 0 radical (unpaired) electrons. The summed E-state index contributed by atoms with van der Waals surface area (Å²) in [6.07, 6.45) is 3.31. The number of nitrogens with two attached hydrogens (primary N) is 1. The molecular weight excluding hydrogens is 296 g/mol. The van der Waals surface area contributed by atoms with Crippen molar-refractivity contribution in [2.24, 2.45) is 5.73 Å². The number of para-hydroxylation sites is 1. The second kappa shape index (κ2) is 6.57. The Balaban J connectivity index is 1.70. The van der Waals surface area contributed by atoms with E-state index < -0.39 is 0 Å². The van der Waals surface area contributed by atoms with Gasteiger partial charge >= 0.3 is 0 Å². The number of hydrogen-bond acceptors (Lipinski definition) is 5. The molecule has 0 atom stereocenters. The van der Waals surface area contributed by atoms with Gasteiger partial charge in [-0.25, -0.2) is 9.97 Å². The van der Waals surface area contributed by atoms with Gasteiger partial charge in [-0.15, -0.1) is 0 Å². The molecule has 6 nitrogen and oxygen atoms in total. The summed E-state index contributed by atoms with van der Waals surface area (Å²) in [7, 11) is 0. The molecule has 2 aromatic rings. The standard InChI is InChI=1S/C15H18N6S/c16-15(22)19-13-14(18-7-6-17-13)21-10-8-20(9-11-21)12-4-2-1-3-5-12/h1-7H,8-11H2,(H3,16,17,19,22). The largest absolute Gasteiger partial charge is 0.376 e. The third kappa shape index (κ3) is 3.25. The van der Waals surface area contributed by atoms with Crippen LogP contribution in [0.5, 0.6) is 0 Å². The lowest BCUT2D eigenvalue weighted by Crippen LogP contribution is -2.47. The van der Waals surface area contributed by atoms with E-state index in [-0.39, 0.29) is 5.11 Å². The first kappa shape index (κ1) is 14.5. The monoisotopic (exact) mass is 314 g/mol. The Labute approximate surface area is 135 Å². The molecule has 1 aliphatic heterocycles. The van der Waals surface area contributed by atoms with Crippen LogP contribution in [0.2, 0.25) is 0 Å². The Morgan fingerprint density at radius 2 is 1.64 bits per heavy atom. The van der Waals surface area contributed by atoms with Crippen LogP contribution in [0, 0.1) is 0 Å². The molecule has 3 N–H and O–H groups in total. The van der Waals surface area contributed by atoms with E-state index in [0.717, 1.165) is 32.0 Å². The molecule has 1 saturated heterocycles. The fourth-order valence-electron chi connectivity index (χ4n) is 2.58. The van der Waals surface area contributed by atoms with E-state index in [4.69, 9.17) is 18.0 Å². The van der Waals surface area contributed by atoms with Crippen molar-refractivity contribution in [3.05, 3.63) is 42.7 Å². The number of hydrogen-bond donors (Lipinski definition) is 2. The number of anilines is 3. The van der Waals surface area contributed by atoms with Crippen molar-refractivity contribution in [2.75, 3.05) is 41.3 Å². The van der Waals surface area contributed by atoms with Crippen molar-refractivity contribution in [3.8, 4) is 0 Å². The van der Waals surface area contributed by atoms with Crippen molar-refractivity contribution in [2.45, 2.75) is 0 Å². The van der Waals surface area contributed by atoms with E-state index >= 15 is 0 Å². The van der Waals surface area contributed by atoms with Gasteiger partial charge in [-0.1, -0.05) is 18.2 Å². The zero-order valence-electron chi connectivity index (χ0n) is 12.1. The molecule has 0 amide bonds. The summed E-state index contributed by atoms with van der Waals surface area (Å²) in [5, 5.41) is 3.09. The minimum Gasteiger partial charge on any atom is -0.376 e. The molecule has 0 saturated carbocycles. The molecular formula is C15H18N6S. The molecule has 0 unspecified atom stereocenters. The Morgan fingerprint density at radius 3 is 2.32 bits per heavy atom. The second-order valence-corrected chi connectivity index (χ2v) is 5.47. The number of rotatable bonds is 3. The predicted octanol–water partition coefficient (Wildman–Crippen LogP) is 1.46. The average molecular weight is 314 g/mol. The summed E-state index contributed by atoms with van der Waals surface area (Å²) in [5.74, 6) is 1.41. The smallest absolute Gasteiger partial charge is 0.175 e. The molecule has 22 heavy (non-hydrogen) atoms. The molecule has 0 aliphatic carbocycles. The molecule has 7 heteroatoms. The number of aromatic nitrogens is 2. The van der Waals surface area contributed by atoms with Gasteiger partial charge in [-0.05, 0) is 24.4 Å². The van der Waals surface area contributed by atoms with Gasteiger partial charge in [-0.3, -0.25) is 0 Å². The molecule has 3 rings (SSSR count). The van der Waals surface area contributed by atoms with E-state index in [1.54, 1.807) is 12.4 Å². The van der Waals surface area contributed by atoms with Crippen LogP contribution in [0.1, 0.15) is 0 Å². The normalized spacial score (nSPS) is 14.7. The van der Waals surface area contributed by atoms with E-state index in [1.165, 1.54) is 5.69 Å². The fourth-order valence-corrected chi connectivity index (χ4v) is 2.68. The molecule has 1 aromatic heterocycles. The zero-order chi connectivity index (χ0) is 15.4. The van der Waals surface area contributed by atoms with Crippen molar-refractivity contribution in [1.82, 2.24) is 9.97 Å². The highest BCUT2D eigenvalue weighted by atomic mass is 32.1. The summed E-state index contributed by atoms with van der Waals surface area (Å²) >= 11 is 4.89. The zero-order valence-corrected chi connectivity index (χ0v) is 13.0. The van der Waals surface area contributed by atoms with Gasteiger partial charge < -0.3 is 20.9 Å². The van der Waals surface area contributed by atoms with Gasteiger partial charge in [0.25, 0.3) is 0 Å². The lowest BCUT2D eigenvalue weighted by molar-refractivity contribution is 0.647. The Kier molecular flexibility index (Phi) is 4.34. The predicted molar refractivity (Wildman–Crippen MR) is 93.3 cm³/mol. The first-order chi connectivity index (χ1) is 10.7. The highest BCUT2D eigenvalue weighted by Crippen LogP contribution is 2.23. The third-order valence-electron chi connectivity index (χ3n) is 3.62. The Hall–Kier alpha value is -2.41. The SMILES string of the molecule is NC(=S)Nc1nccnc1N1CCN(c2ccccc2)CC1. The number of nitrogens with zero attached hydrogens (tertiary/aromatic N) is 4. The van der Waals surface area contributed by atoms with Gasteiger partial charge in [0.2, 0.25) is 0 Å². The minimum absolute atomic E-state index is 0.199. The molecule has 1 aromatic carbocycles. The highest BCUT2D eigenvalue weighted by molar-refractivity contribution is 7.80. The lowest BCUT2D eigenvalue weighted by atomic mass is 10.2. The number of benzene rings is 1. The topological polar surface area (TPSA) is 70.3 Å². The summed E-state index contributed by atoms with van der Waals surface area (Å²) in [6, 6.07) is 10.4. The van der Waals surface area contributed by atoms with Gasteiger partial charge in [0.15, 0.2) is 16.7 Å². The van der Waals surface area contributed by atoms with Crippen LogP contribution in [0.3, 0.4) is 0 Å². The lowest BCUT2D eigenvalue weighted by Gasteiger charge is -2.37. The third-order valence-corrected chi connectivity index (χ3v) is 3.72. The molecule has 0 bridgehead atoms. The number of thiocarbonyl (C=S) groups is 1. The van der Waals surface area contributed by atoms with Crippen LogP contribution >= 0.6 is 12.2 Å². The van der Waals surface area contributed by atoms with Gasteiger partial charge in [-0.2, -0.15) is 0 Å². The summed E-state index contributed by atoms with van der Waals surface area (Å²) < 4.78 is 0. The summed E-state index contributed by atoms with van der Waals surface area (Å²) in [5.41, 5.74) is 6.80. The van der Waals surface area contributed by atoms with Crippen molar-refractivity contribution >= 4 is 34.7 Å². The molecule has 0 spiro atoms. The van der Waals surface area contributed by atoms with Gasteiger partial charge in [0.05, 0.1) is 0 Å². The van der Waals surface area contributed by atoms with Crippen molar-refractivity contribution in [1.29, 1.82) is 0 Å². The van der Waals surface area contributed by atoms with E-state index in [1.807, 2.05) is 6.07 Å². The van der Waals surface area contributed by atoms with Crippen LogP contribution < -0.4 is 20.9 Å². The van der Waals surface area contributed by atoms with Crippen LogP contribution in [0.4, 0.5) is 17.3 Å². The maximum Gasteiger partial charge on any atom is 0.175 e. The Morgan fingerprint density at radius 1 is 1.00 bits per heavy atom. The van der Waals surface area contributed by atoms with E-state index in [9.17, 15) is 0 Å². The van der Waals surface area contributed by atoms with Crippen molar-refractivity contribution in [3.63, 3.8) is 0 Å². The number of nitrogens with one attached hydrogen (secondary N) is 1. The van der Waals surface area contributed by atoms with E-state index in [2.05, 4.69) is 49.4 Å². The van der Waals surface area contributed by atoms with Crippen molar-refractivity contribution < 1.29 is 0 Å². The first-order valence-electron chi connectivity index (χ1n) is 7.16. The van der Waals surface area contributed by atoms with Gasteiger partial charge in [0, 0.05) is 44.3 Å². The summed E-state index contributed by atoms with van der Waals surface area (Å²) in [6.45, 7) is 3.62. The summed E-state index contributed by atoms with van der Waals surface area (Å²) in [4.78, 5) is 13.3. The van der Waals surface area contributed by atoms with Gasteiger partial charge in [0.1, 0.15) is 0 Å². The number of piperazine rings is 1. The first-order valence-corrected chi connectivity index (χ1v) is 7.57. The Bertz CT molecular complexity index is 639. The minimum atomic E-state index is 0.199. The maximum absolute atomic E-state index is 5.55. The second-order valence-electron chi connectivity index (χ2n) is 5.03. The van der Waals surface area contributed by atoms with Crippen LogP contribution in [0.15, 0.2) is 42.7 Å². The molecule has 114 valence electrons. The van der Waals surface area contributed by atoms with Crippen LogP contribution in [-0.4, -0.2) is 41.3 Å². The molecule has 2 heterocycles. The van der Waals surface area contributed by atoms with Crippen LogP contribution in [-0.2, 0) is 0 Å². The fraction of sp³-hybridized carbons (Fsp3) is 0.267. The molecule has 1 aliphatic rings. The van der Waals surface area contributed by atoms with Crippen LogP contribution in [0.25, 0.3) is 0 Å². The van der Waals surface area contributed by atoms with E-state index in [0.29, 0.717) is 5.82 Å². The molecule has 1 fully saturated rings. The average Bonchev–Trinajstić information content (AvgIpc) is 2.56.